The average Bonchev–Trinajstić information content (AvgIpc) is 2.97. The van der Waals surface area contributed by atoms with E-state index < -0.39 is 0 Å². The third-order valence-corrected chi connectivity index (χ3v) is 4.24. The summed E-state index contributed by atoms with van der Waals surface area (Å²) in [6.07, 6.45) is 0.838. The molecular weight excluding hydrogens is 308 g/mol. The molecule has 0 saturated carbocycles. The second-order valence-electron chi connectivity index (χ2n) is 5.51. The molecule has 0 radical (unpaired) electrons. The van der Waals surface area contributed by atoms with E-state index in [4.69, 9.17) is 26.8 Å². The Labute approximate surface area is 133 Å². The topological polar surface area (TPSA) is 81.9 Å². The van der Waals surface area contributed by atoms with Crippen LogP contribution in [0.4, 0.5) is 0 Å². The second-order valence-corrected chi connectivity index (χ2v) is 5.91. The quantitative estimate of drug-likeness (QED) is 0.899. The molecule has 6 nitrogen and oxygen atoms in total. The maximum atomic E-state index is 12.3. The third kappa shape index (κ3) is 2.97. The van der Waals surface area contributed by atoms with Crippen LogP contribution in [0.1, 0.15) is 12.0 Å². The predicted octanol–water partition coefficient (Wildman–Crippen LogP) is 0.988. The third-order valence-electron chi connectivity index (χ3n) is 3.96. The molecular formula is C15H17ClN2O4. The van der Waals surface area contributed by atoms with Gasteiger partial charge >= 0.3 is 0 Å². The number of nitrogens with two attached hydrogens (primary N) is 1. The van der Waals surface area contributed by atoms with Gasteiger partial charge in [0.05, 0.1) is 17.4 Å². The molecule has 1 aromatic rings. The fraction of sp³-hybridized carbons (Fsp3) is 0.467. The number of amides is 2. The molecule has 2 heterocycles. The first-order valence-corrected chi connectivity index (χ1v) is 7.57. The molecule has 118 valence electrons. The minimum absolute atomic E-state index is 0.0449. The summed E-state index contributed by atoms with van der Waals surface area (Å²) in [6, 6.07) is 3.49. The summed E-state index contributed by atoms with van der Waals surface area (Å²) >= 11 is 6.16. The number of nitrogens with zero attached hydrogens (tertiary/aromatic N) is 1. The van der Waals surface area contributed by atoms with Crippen LogP contribution in [-0.2, 0) is 16.0 Å². The van der Waals surface area contributed by atoms with Crippen molar-refractivity contribution in [2.75, 3.05) is 26.3 Å². The molecule has 2 aliphatic heterocycles. The van der Waals surface area contributed by atoms with E-state index in [-0.39, 0.29) is 24.2 Å². The molecule has 1 atom stereocenters. The van der Waals surface area contributed by atoms with E-state index in [1.807, 2.05) is 0 Å². The van der Waals surface area contributed by atoms with Crippen LogP contribution in [0.25, 0.3) is 0 Å². The normalized spacial score (nSPS) is 20.0. The van der Waals surface area contributed by atoms with Crippen LogP contribution >= 0.6 is 11.6 Å². The van der Waals surface area contributed by atoms with E-state index in [2.05, 4.69) is 0 Å². The molecule has 3 rings (SSSR count). The highest BCUT2D eigenvalue weighted by atomic mass is 35.5. The van der Waals surface area contributed by atoms with Gasteiger partial charge in [0, 0.05) is 13.1 Å². The van der Waals surface area contributed by atoms with Gasteiger partial charge in [-0.3, -0.25) is 9.59 Å². The average molecular weight is 325 g/mol. The lowest BCUT2D eigenvalue weighted by molar-refractivity contribution is -0.129. The molecule has 0 spiro atoms. The molecule has 22 heavy (non-hydrogen) atoms. The smallest absolute Gasteiger partial charge is 0.227 e. The highest BCUT2D eigenvalue weighted by Crippen LogP contribution is 2.38. The summed E-state index contributed by atoms with van der Waals surface area (Å²) in [5, 5.41) is 0.441. The van der Waals surface area contributed by atoms with E-state index in [1.165, 1.54) is 0 Å². The molecule has 2 amide bonds. The number of rotatable bonds is 3. The van der Waals surface area contributed by atoms with E-state index in [0.29, 0.717) is 49.2 Å². The molecule has 7 heteroatoms. The number of likely N-dealkylation sites (tertiary alicyclic amines) is 1. The molecule has 0 unspecified atom stereocenters. The van der Waals surface area contributed by atoms with Gasteiger partial charge in [0.25, 0.3) is 0 Å². The van der Waals surface area contributed by atoms with Crippen molar-refractivity contribution in [1.29, 1.82) is 0 Å². The molecule has 1 aromatic carbocycles. The van der Waals surface area contributed by atoms with Gasteiger partial charge in [-0.25, -0.2) is 0 Å². The summed E-state index contributed by atoms with van der Waals surface area (Å²) in [5.41, 5.74) is 6.05. The molecule has 0 aliphatic carbocycles. The Morgan fingerprint density at radius 2 is 2.09 bits per heavy atom. The fourth-order valence-corrected chi connectivity index (χ4v) is 3.06. The van der Waals surface area contributed by atoms with Gasteiger partial charge in [0.15, 0.2) is 11.5 Å². The lowest BCUT2D eigenvalue weighted by atomic mass is 10.1. The molecule has 2 aliphatic rings. The van der Waals surface area contributed by atoms with Crippen LogP contribution in [0.2, 0.25) is 5.02 Å². The monoisotopic (exact) mass is 324 g/mol. The van der Waals surface area contributed by atoms with E-state index >= 15 is 0 Å². The van der Waals surface area contributed by atoms with Crippen LogP contribution in [0.3, 0.4) is 0 Å². The Morgan fingerprint density at radius 1 is 1.32 bits per heavy atom. The minimum atomic E-state index is -0.349. The lowest BCUT2D eigenvalue weighted by Crippen LogP contribution is -2.32. The van der Waals surface area contributed by atoms with Crippen molar-refractivity contribution >= 4 is 23.4 Å². The van der Waals surface area contributed by atoms with E-state index in [9.17, 15) is 9.59 Å². The van der Waals surface area contributed by atoms with Crippen molar-refractivity contribution in [1.82, 2.24) is 4.90 Å². The molecule has 1 fully saturated rings. The number of ether oxygens (including phenoxy) is 2. The molecule has 0 bridgehead atoms. The van der Waals surface area contributed by atoms with Crippen molar-refractivity contribution in [3.8, 4) is 11.5 Å². The van der Waals surface area contributed by atoms with Crippen LogP contribution in [0, 0.1) is 5.92 Å². The first kappa shape index (κ1) is 15.0. The molecule has 2 N–H and O–H groups in total. The van der Waals surface area contributed by atoms with Gasteiger partial charge < -0.3 is 20.1 Å². The van der Waals surface area contributed by atoms with Crippen molar-refractivity contribution in [2.24, 2.45) is 11.7 Å². The van der Waals surface area contributed by atoms with E-state index in [1.54, 1.807) is 17.0 Å². The van der Waals surface area contributed by atoms with Crippen molar-refractivity contribution in [3.05, 3.63) is 22.7 Å². The number of carbonyl (C=O) groups is 2. The van der Waals surface area contributed by atoms with Gasteiger partial charge in [-0.2, -0.15) is 0 Å². The molecule has 0 aromatic heterocycles. The predicted molar refractivity (Wildman–Crippen MR) is 80.0 cm³/mol. The summed E-state index contributed by atoms with van der Waals surface area (Å²) in [5.74, 6) is 0.457. The van der Waals surface area contributed by atoms with Gasteiger partial charge in [-0.05, 0) is 24.1 Å². The Morgan fingerprint density at radius 3 is 2.82 bits per heavy atom. The number of benzene rings is 1. The minimum Gasteiger partial charge on any atom is -0.486 e. The Kier molecular flexibility index (Phi) is 4.11. The highest BCUT2D eigenvalue weighted by Gasteiger charge is 2.29. The van der Waals surface area contributed by atoms with Crippen LogP contribution < -0.4 is 15.2 Å². The Hall–Kier alpha value is -1.95. The number of halogens is 1. The van der Waals surface area contributed by atoms with E-state index in [0.717, 1.165) is 5.56 Å². The Bertz CT molecular complexity index is 620. The van der Waals surface area contributed by atoms with Crippen molar-refractivity contribution < 1.29 is 19.1 Å². The summed E-state index contributed by atoms with van der Waals surface area (Å²) in [7, 11) is 0. The van der Waals surface area contributed by atoms with Gasteiger partial charge in [0.1, 0.15) is 13.2 Å². The zero-order valence-electron chi connectivity index (χ0n) is 12.0. The molecule has 1 saturated heterocycles. The van der Waals surface area contributed by atoms with Gasteiger partial charge in [-0.1, -0.05) is 11.6 Å². The number of fused-ring (bicyclic) bond motifs is 1. The lowest BCUT2D eigenvalue weighted by Gasteiger charge is -2.21. The SMILES string of the molecule is NC(=O)[C@H]1CCN(C(=O)Cc2cc(Cl)c3c(c2)OCCO3)C1. The summed E-state index contributed by atoms with van der Waals surface area (Å²) in [4.78, 5) is 25.2. The largest absolute Gasteiger partial charge is 0.486 e. The summed E-state index contributed by atoms with van der Waals surface area (Å²) in [6.45, 7) is 1.89. The second kappa shape index (κ2) is 6.04. The zero-order valence-corrected chi connectivity index (χ0v) is 12.8. The van der Waals surface area contributed by atoms with Crippen LogP contribution in [-0.4, -0.2) is 43.0 Å². The maximum absolute atomic E-state index is 12.3. The van der Waals surface area contributed by atoms with Crippen molar-refractivity contribution in [2.45, 2.75) is 12.8 Å². The first-order valence-electron chi connectivity index (χ1n) is 7.19. The number of hydrogen-bond donors (Lipinski definition) is 1. The van der Waals surface area contributed by atoms with Gasteiger partial charge in [0.2, 0.25) is 11.8 Å². The standard InChI is InChI=1S/C15H17ClN2O4/c16-11-5-9(6-12-14(11)22-4-3-21-12)7-13(19)18-2-1-10(8-18)15(17)20/h5-6,10H,1-4,7-8H2,(H2,17,20)/t10-/m0/s1. The number of carbonyl (C=O) groups excluding carboxylic acids is 2. The van der Waals surface area contributed by atoms with Crippen molar-refractivity contribution in [3.63, 3.8) is 0 Å². The zero-order chi connectivity index (χ0) is 15.7. The number of primary amides is 1. The summed E-state index contributed by atoms with van der Waals surface area (Å²) < 4.78 is 11.0. The van der Waals surface area contributed by atoms with Crippen LogP contribution in [0.5, 0.6) is 11.5 Å². The highest BCUT2D eigenvalue weighted by molar-refractivity contribution is 6.32. The van der Waals surface area contributed by atoms with Gasteiger partial charge in [-0.15, -0.1) is 0 Å². The maximum Gasteiger partial charge on any atom is 0.227 e. The number of hydrogen-bond acceptors (Lipinski definition) is 4. The fourth-order valence-electron chi connectivity index (χ4n) is 2.77. The van der Waals surface area contributed by atoms with Crippen LogP contribution in [0.15, 0.2) is 12.1 Å². The first-order chi connectivity index (χ1) is 10.5. The Balaban J connectivity index is 1.70.